The average molecular weight is 484 g/mol. The quantitative estimate of drug-likeness (QED) is 0.409. The number of halogens is 1. The number of allylic oxidation sites excluding steroid dienone is 2. The summed E-state index contributed by atoms with van der Waals surface area (Å²) in [7, 11) is 0. The third kappa shape index (κ3) is 2.70. The Labute approximate surface area is 175 Å². The highest BCUT2D eigenvalue weighted by molar-refractivity contribution is 14.1. The Morgan fingerprint density at radius 1 is 0.964 bits per heavy atom. The summed E-state index contributed by atoms with van der Waals surface area (Å²) in [6.07, 6.45) is 5.05. The SMILES string of the molecule is O=C(Nc1ccc(I)cc1)c1cccc(N2C(=O)[C@H]3[C@H](C2=O)[C@H]2C=C[C@H]3C2)c1. The minimum absolute atomic E-state index is 0.137. The van der Waals surface area contributed by atoms with Gasteiger partial charge >= 0.3 is 0 Å². The van der Waals surface area contributed by atoms with Gasteiger partial charge in [-0.15, -0.1) is 0 Å². The van der Waals surface area contributed by atoms with Crippen molar-refractivity contribution < 1.29 is 14.4 Å². The lowest BCUT2D eigenvalue weighted by Crippen LogP contribution is -2.33. The maximum Gasteiger partial charge on any atom is 0.255 e. The first-order chi connectivity index (χ1) is 13.5. The smallest absolute Gasteiger partial charge is 0.255 e. The van der Waals surface area contributed by atoms with Crippen LogP contribution in [0.2, 0.25) is 0 Å². The van der Waals surface area contributed by atoms with Gasteiger partial charge in [0.05, 0.1) is 17.5 Å². The molecule has 28 heavy (non-hydrogen) atoms. The van der Waals surface area contributed by atoms with E-state index in [0.717, 1.165) is 9.99 Å². The molecule has 0 aromatic heterocycles. The van der Waals surface area contributed by atoms with Crippen molar-refractivity contribution in [2.75, 3.05) is 10.2 Å². The van der Waals surface area contributed by atoms with Crippen molar-refractivity contribution in [2.24, 2.45) is 23.7 Å². The van der Waals surface area contributed by atoms with Crippen molar-refractivity contribution in [3.63, 3.8) is 0 Å². The molecule has 0 unspecified atom stereocenters. The van der Waals surface area contributed by atoms with E-state index < -0.39 is 0 Å². The molecule has 0 spiro atoms. The zero-order valence-electron chi connectivity index (χ0n) is 14.8. The van der Waals surface area contributed by atoms with E-state index in [-0.39, 0.29) is 41.4 Å². The summed E-state index contributed by atoms with van der Waals surface area (Å²) in [6.45, 7) is 0. The summed E-state index contributed by atoms with van der Waals surface area (Å²) >= 11 is 2.20. The lowest BCUT2D eigenvalue weighted by atomic mass is 9.85. The molecule has 6 heteroatoms. The van der Waals surface area contributed by atoms with Crippen LogP contribution < -0.4 is 10.2 Å². The van der Waals surface area contributed by atoms with Gasteiger partial charge in [-0.1, -0.05) is 18.2 Å². The number of nitrogens with zero attached hydrogens (tertiary/aromatic N) is 1. The third-order valence-electron chi connectivity index (χ3n) is 5.94. The van der Waals surface area contributed by atoms with Crippen molar-refractivity contribution in [2.45, 2.75) is 6.42 Å². The van der Waals surface area contributed by atoms with Gasteiger partial charge in [0.25, 0.3) is 5.91 Å². The fraction of sp³-hybridized carbons (Fsp3) is 0.227. The molecule has 2 aromatic rings. The number of nitrogens with one attached hydrogen (secondary N) is 1. The summed E-state index contributed by atoms with van der Waals surface area (Å²) in [5, 5.41) is 2.85. The number of hydrogen-bond donors (Lipinski definition) is 1. The van der Waals surface area contributed by atoms with Crippen LogP contribution in [0.5, 0.6) is 0 Å². The van der Waals surface area contributed by atoms with Gasteiger partial charge in [0.15, 0.2) is 0 Å². The van der Waals surface area contributed by atoms with Gasteiger partial charge in [0, 0.05) is 14.8 Å². The van der Waals surface area contributed by atoms with Crippen LogP contribution in [0, 0.1) is 27.2 Å². The van der Waals surface area contributed by atoms with Crippen LogP contribution in [-0.2, 0) is 9.59 Å². The molecule has 0 radical (unpaired) electrons. The van der Waals surface area contributed by atoms with Gasteiger partial charge < -0.3 is 5.32 Å². The van der Waals surface area contributed by atoms with E-state index in [2.05, 4.69) is 40.1 Å². The van der Waals surface area contributed by atoms with Crippen molar-refractivity contribution in [1.82, 2.24) is 0 Å². The number of rotatable bonds is 3. The Hall–Kier alpha value is -2.48. The molecule has 1 N–H and O–H groups in total. The molecule has 5 nitrogen and oxygen atoms in total. The van der Waals surface area contributed by atoms with Crippen LogP contribution in [0.15, 0.2) is 60.7 Å². The van der Waals surface area contributed by atoms with Crippen LogP contribution in [0.1, 0.15) is 16.8 Å². The number of benzene rings is 2. The summed E-state index contributed by atoms with van der Waals surface area (Å²) in [4.78, 5) is 39.8. The molecule has 2 fully saturated rings. The molecule has 140 valence electrons. The Bertz CT molecular complexity index is 1000. The van der Waals surface area contributed by atoms with Crippen molar-refractivity contribution in [3.8, 4) is 0 Å². The number of carbonyl (C=O) groups excluding carboxylic acids is 3. The molecule has 2 aliphatic carbocycles. The van der Waals surface area contributed by atoms with Crippen LogP contribution >= 0.6 is 22.6 Å². The monoisotopic (exact) mass is 484 g/mol. The number of carbonyl (C=O) groups is 3. The molecule has 3 amide bonds. The Balaban J connectivity index is 1.40. The van der Waals surface area contributed by atoms with E-state index in [1.165, 1.54) is 4.90 Å². The Morgan fingerprint density at radius 3 is 2.25 bits per heavy atom. The number of amides is 3. The molecule has 1 aliphatic heterocycles. The van der Waals surface area contributed by atoms with Crippen molar-refractivity contribution >= 4 is 51.7 Å². The van der Waals surface area contributed by atoms with Crippen LogP contribution in [0.4, 0.5) is 11.4 Å². The van der Waals surface area contributed by atoms with E-state index in [9.17, 15) is 14.4 Å². The second-order valence-electron chi connectivity index (χ2n) is 7.52. The Kier molecular flexibility index (Phi) is 4.12. The summed E-state index contributed by atoms with van der Waals surface area (Å²) in [5.74, 6) is -0.695. The van der Waals surface area contributed by atoms with Crippen molar-refractivity contribution in [3.05, 3.63) is 69.8 Å². The zero-order chi connectivity index (χ0) is 19.4. The molecule has 3 aliphatic rings. The van der Waals surface area contributed by atoms with Gasteiger partial charge in [0.2, 0.25) is 11.8 Å². The van der Waals surface area contributed by atoms with Gasteiger partial charge in [-0.3, -0.25) is 14.4 Å². The van der Waals surface area contributed by atoms with E-state index in [1.807, 2.05) is 24.3 Å². The molecular weight excluding hydrogens is 467 g/mol. The highest BCUT2D eigenvalue weighted by Crippen LogP contribution is 2.53. The highest BCUT2D eigenvalue weighted by atomic mass is 127. The van der Waals surface area contributed by atoms with Crippen LogP contribution in [0.25, 0.3) is 0 Å². The predicted molar refractivity (Wildman–Crippen MR) is 114 cm³/mol. The van der Waals surface area contributed by atoms with Gasteiger partial charge in [0.1, 0.15) is 0 Å². The van der Waals surface area contributed by atoms with Gasteiger partial charge in [-0.25, -0.2) is 4.90 Å². The molecule has 2 bridgehead atoms. The third-order valence-corrected chi connectivity index (χ3v) is 6.66. The maximum atomic E-state index is 13.0. The van der Waals surface area contributed by atoms with Crippen molar-refractivity contribution in [1.29, 1.82) is 0 Å². The largest absolute Gasteiger partial charge is 0.322 e. The molecule has 5 rings (SSSR count). The molecule has 1 saturated carbocycles. The highest BCUT2D eigenvalue weighted by Gasteiger charge is 2.59. The predicted octanol–water partition coefficient (Wildman–Crippen LogP) is 3.86. The van der Waals surface area contributed by atoms with Crippen LogP contribution in [-0.4, -0.2) is 17.7 Å². The standard InChI is InChI=1S/C22H17IN2O3/c23-15-6-8-16(9-7-15)24-20(26)14-2-1-3-17(11-14)25-21(27)18-12-4-5-13(10-12)19(18)22(25)28/h1-9,11-13,18-19H,10H2,(H,24,26)/t12-,13-,18+,19+/m0/s1. The lowest BCUT2D eigenvalue weighted by Gasteiger charge is -2.18. The van der Waals surface area contributed by atoms with Crippen LogP contribution in [0.3, 0.4) is 0 Å². The topological polar surface area (TPSA) is 66.5 Å². The van der Waals surface area contributed by atoms with Gasteiger partial charge in [-0.05, 0) is 83.3 Å². The molecular formula is C22H17IN2O3. The number of anilines is 2. The first-order valence-corrected chi connectivity index (χ1v) is 10.3. The molecule has 2 aromatic carbocycles. The lowest BCUT2D eigenvalue weighted by molar-refractivity contribution is -0.123. The first-order valence-electron chi connectivity index (χ1n) is 9.26. The number of fused-ring (bicyclic) bond motifs is 5. The molecule has 4 atom stereocenters. The minimum Gasteiger partial charge on any atom is -0.322 e. The average Bonchev–Trinajstić information content (AvgIpc) is 3.37. The Morgan fingerprint density at radius 2 is 1.61 bits per heavy atom. The summed E-state index contributed by atoms with van der Waals surface area (Å²) < 4.78 is 1.08. The zero-order valence-corrected chi connectivity index (χ0v) is 17.0. The van der Waals surface area contributed by atoms with E-state index >= 15 is 0 Å². The van der Waals surface area contributed by atoms with Gasteiger partial charge in [-0.2, -0.15) is 0 Å². The second kappa shape index (κ2) is 6.55. The minimum atomic E-state index is -0.274. The molecule has 1 saturated heterocycles. The van der Waals surface area contributed by atoms with E-state index in [1.54, 1.807) is 24.3 Å². The summed E-state index contributed by atoms with van der Waals surface area (Å²) in [5.41, 5.74) is 1.58. The fourth-order valence-electron chi connectivity index (χ4n) is 4.68. The van der Waals surface area contributed by atoms with E-state index in [0.29, 0.717) is 16.9 Å². The maximum absolute atomic E-state index is 13.0. The number of imide groups is 1. The summed E-state index contributed by atoms with van der Waals surface area (Å²) in [6, 6.07) is 14.2. The normalized spacial score (nSPS) is 27.4. The molecule has 1 heterocycles. The second-order valence-corrected chi connectivity index (χ2v) is 8.77. The first kappa shape index (κ1) is 17.6. The fourth-order valence-corrected chi connectivity index (χ4v) is 5.04. The van der Waals surface area contributed by atoms with E-state index in [4.69, 9.17) is 0 Å². The number of hydrogen-bond acceptors (Lipinski definition) is 3.